The Morgan fingerprint density at radius 1 is 1.25 bits per heavy atom. The van der Waals surface area contributed by atoms with Crippen LogP contribution in [0.25, 0.3) is 0 Å². The monoisotopic (exact) mass is 285 g/mol. The van der Waals surface area contributed by atoms with E-state index in [1.54, 1.807) is 0 Å². The molecule has 4 bridgehead atoms. The summed E-state index contributed by atoms with van der Waals surface area (Å²) in [7, 11) is 2.11. The van der Waals surface area contributed by atoms with Crippen LogP contribution in [0.1, 0.15) is 51.9 Å². The summed E-state index contributed by atoms with van der Waals surface area (Å²) in [6, 6.07) is 0.687. The third kappa shape index (κ3) is 1.86. The van der Waals surface area contributed by atoms with Crippen molar-refractivity contribution in [3.8, 4) is 0 Å². The maximum Gasteiger partial charge on any atom is 0.0268 e. The fourth-order valence-corrected chi connectivity index (χ4v) is 6.84. The first-order valence-corrected chi connectivity index (χ1v) is 7.68. The second-order valence-corrected chi connectivity index (χ2v) is 8.69. The van der Waals surface area contributed by atoms with Crippen LogP contribution in [0, 0.1) is 17.3 Å². The first-order chi connectivity index (χ1) is 7.53. The molecule has 0 heterocycles. The molecule has 0 aromatic heterocycles. The highest BCUT2D eigenvalue weighted by Gasteiger charge is 2.56. The Kier molecular flexibility index (Phi) is 2.68. The van der Waals surface area contributed by atoms with Gasteiger partial charge in [0.1, 0.15) is 0 Å². The number of hydrogen-bond acceptors (Lipinski definition) is 1. The molecule has 4 aliphatic carbocycles. The Balaban J connectivity index is 1.81. The van der Waals surface area contributed by atoms with E-state index in [4.69, 9.17) is 0 Å². The molecule has 92 valence electrons. The fraction of sp³-hybridized carbons (Fsp3) is 1.00. The van der Waals surface area contributed by atoms with Gasteiger partial charge in [-0.05, 0) is 76.2 Å². The van der Waals surface area contributed by atoms with E-state index in [-0.39, 0.29) is 0 Å². The van der Waals surface area contributed by atoms with Crippen LogP contribution in [0.4, 0.5) is 0 Å². The van der Waals surface area contributed by atoms with E-state index in [0.717, 1.165) is 11.8 Å². The predicted molar refractivity (Wildman–Crippen MR) is 71.9 cm³/mol. The lowest BCUT2D eigenvalue weighted by Gasteiger charge is -2.61. The molecule has 0 aromatic carbocycles. The highest BCUT2D eigenvalue weighted by Crippen LogP contribution is 2.65. The summed E-state index contributed by atoms with van der Waals surface area (Å²) in [5.41, 5.74) is 0.677. The molecule has 0 spiro atoms. The topological polar surface area (TPSA) is 12.0 Å². The van der Waals surface area contributed by atoms with Gasteiger partial charge in [-0.2, -0.15) is 0 Å². The molecule has 2 heteroatoms. The van der Waals surface area contributed by atoms with Crippen molar-refractivity contribution in [1.82, 2.24) is 5.32 Å². The van der Waals surface area contributed by atoms with Crippen molar-refractivity contribution in [3.05, 3.63) is 0 Å². The highest BCUT2D eigenvalue weighted by molar-refractivity contribution is 9.10. The summed E-state index contributed by atoms with van der Waals surface area (Å²) in [5.74, 6) is 2.06. The maximum absolute atomic E-state index is 4.08. The average Bonchev–Trinajstić information content (AvgIpc) is 2.12. The molecule has 0 saturated heterocycles. The summed E-state index contributed by atoms with van der Waals surface area (Å²) in [6.07, 6.45) is 10.3. The van der Waals surface area contributed by atoms with Gasteiger partial charge >= 0.3 is 0 Å². The van der Waals surface area contributed by atoms with Crippen LogP contribution in [-0.4, -0.2) is 17.4 Å². The molecule has 4 fully saturated rings. The Morgan fingerprint density at radius 3 is 2.38 bits per heavy atom. The van der Waals surface area contributed by atoms with Gasteiger partial charge in [0.05, 0.1) is 0 Å². The molecule has 0 amide bonds. The Bertz CT molecular complexity index is 274. The van der Waals surface area contributed by atoms with E-state index in [2.05, 4.69) is 35.2 Å². The average molecular weight is 286 g/mol. The second kappa shape index (κ2) is 3.71. The maximum atomic E-state index is 4.08. The third-order valence-corrected chi connectivity index (χ3v) is 6.27. The van der Waals surface area contributed by atoms with Crippen molar-refractivity contribution >= 4 is 15.9 Å². The van der Waals surface area contributed by atoms with Crippen LogP contribution in [0.5, 0.6) is 0 Å². The normalized spacial score (nSPS) is 51.9. The highest BCUT2D eigenvalue weighted by atomic mass is 79.9. The summed E-state index contributed by atoms with van der Waals surface area (Å²) in [4.78, 5) is 0. The number of alkyl halides is 1. The zero-order valence-electron chi connectivity index (χ0n) is 10.6. The van der Waals surface area contributed by atoms with Crippen molar-refractivity contribution in [2.45, 2.75) is 62.2 Å². The van der Waals surface area contributed by atoms with E-state index in [0.29, 0.717) is 15.8 Å². The first kappa shape index (κ1) is 11.5. The van der Waals surface area contributed by atoms with Crippen LogP contribution in [0.2, 0.25) is 0 Å². The minimum absolute atomic E-state index is 0.532. The van der Waals surface area contributed by atoms with Crippen molar-refractivity contribution in [1.29, 1.82) is 0 Å². The Labute approximate surface area is 108 Å². The van der Waals surface area contributed by atoms with E-state index in [1.807, 2.05) is 0 Å². The number of hydrogen-bond donors (Lipinski definition) is 1. The van der Waals surface area contributed by atoms with Crippen molar-refractivity contribution in [2.75, 3.05) is 7.05 Å². The molecule has 0 radical (unpaired) electrons. The lowest BCUT2D eigenvalue weighted by Crippen LogP contribution is -2.54. The smallest absolute Gasteiger partial charge is 0.0268 e. The van der Waals surface area contributed by atoms with Gasteiger partial charge in [-0.1, -0.05) is 15.9 Å². The van der Waals surface area contributed by atoms with E-state index < -0.39 is 0 Å². The lowest BCUT2D eigenvalue weighted by atomic mass is 9.48. The Hall–Kier alpha value is 0.440. The van der Waals surface area contributed by atoms with E-state index >= 15 is 0 Å². The molecule has 5 atom stereocenters. The number of halogens is 1. The van der Waals surface area contributed by atoms with Gasteiger partial charge in [-0.15, -0.1) is 0 Å². The molecule has 1 nitrogen and oxygen atoms in total. The quantitative estimate of drug-likeness (QED) is 0.780. The largest absolute Gasteiger partial charge is 0.317 e. The molecule has 0 aromatic rings. The molecule has 1 N–H and O–H groups in total. The van der Waals surface area contributed by atoms with Gasteiger partial charge in [0.25, 0.3) is 0 Å². The van der Waals surface area contributed by atoms with Crippen molar-refractivity contribution in [2.24, 2.45) is 17.3 Å². The van der Waals surface area contributed by atoms with Gasteiger partial charge in [0.15, 0.2) is 0 Å². The molecule has 4 saturated carbocycles. The summed E-state index contributed by atoms with van der Waals surface area (Å²) in [6.45, 7) is 2.35. The number of rotatable bonds is 3. The van der Waals surface area contributed by atoms with Crippen LogP contribution < -0.4 is 5.32 Å². The number of nitrogens with one attached hydrogen (secondary N) is 1. The molecule has 2 unspecified atom stereocenters. The summed E-state index contributed by atoms with van der Waals surface area (Å²) in [5, 5.41) is 3.44. The SMILES string of the molecule is CN[C@H](C)CC12C[C@@H]3C[C@@H](CC(Br)(C3)C1)C2. The van der Waals surface area contributed by atoms with Crippen LogP contribution >= 0.6 is 15.9 Å². The summed E-state index contributed by atoms with van der Waals surface area (Å²) >= 11 is 4.08. The third-order valence-electron chi connectivity index (χ3n) is 5.34. The van der Waals surface area contributed by atoms with Crippen LogP contribution in [0.15, 0.2) is 0 Å². The predicted octanol–water partition coefficient (Wildman–Crippen LogP) is 3.72. The van der Waals surface area contributed by atoms with Crippen molar-refractivity contribution < 1.29 is 0 Å². The van der Waals surface area contributed by atoms with Gasteiger partial charge in [-0.3, -0.25) is 0 Å². The first-order valence-electron chi connectivity index (χ1n) is 6.89. The van der Waals surface area contributed by atoms with E-state index in [1.165, 1.54) is 44.9 Å². The standard InChI is InChI=1S/C14H24BrN/c1-10(16-2)4-13-5-11-3-12(6-13)8-14(15,7-11)9-13/h10-12,16H,3-9H2,1-2H3/t10-,11-,12+,13?,14?/m1/s1. The van der Waals surface area contributed by atoms with Gasteiger partial charge < -0.3 is 5.32 Å². The summed E-state index contributed by atoms with van der Waals surface area (Å²) < 4.78 is 0.532. The zero-order chi connectivity index (χ0) is 11.4. The Morgan fingerprint density at radius 2 is 1.88 bits per heavy atom. The van der Waals surface area contributed by atoms with E-state index in [9.17, 15) is 0 Å². The zero-order valence-corrected chi connectivity index (χ0v) is 12.1. The lowest BCUT2D eigenvalue weighted by molar-refractivity contribution is -0.0439. The molecule has 16 heavy (non-hydrogen) atoms. The molecule has 4 aliphatic rings. The molecular weight excluding hydrogens is 262 g/mol. The molecule has 0 aliphatic heterocycles. The van der Waals surface area contributed by atoms with Gasteiger partial charge in [0.2, 0.25) is 0 Å². The minimum atomic E-state index is 0.532. The molecule has 4 rings (SSSR count). The van der Waals surface area contributed by atoms with Gasteiger partial charge in [0, 0.05) is 10.4 Å². The van der Waals surface area contributed by atoms with Gasteiger partial charge in [-0.25, -0.2) is 0 Å². The van der Waals surface area contributed by atoms with Crippen molar-refractivity contribution in [3.63, 3.8) is 0 Å². The van der Waals surface area contributed by atoms with Crippen LogP contribution in [-0.2, 0) is 0 Å². The van der Waals surface area contributed by atoms with Crippen LogP contribution in [0.3, 0.4) is 0 Å². The minimum Gasteiger partial charge on any atom is -0.317 e. The second-order valence-electron chi connectivity index (χ2n) is 7.01. The molecular formula is C14H24BrN. The fourth-order valence-electron chi connectivity index (χ4n) is 5.33.